The molecule has 0 unspecified atom stereocenters. The zero-order chi connectivity index (χ0) is 26.1. The molecular weight excluding hydrogens is 564 g/mol. The van der Waals surface area contributed by atoms with Gasteiger partial charge in [-0.1, -0.05) is 35.9 Å². The number of H-pyrrole nitrogens is 1. The van der Waals surface area contributed by atoms with E-state index in [-0.39, 0.29) is 34.2 Å². The van der Waals surface area contributed by atoms with Crippen molar-refractivity contribution < 1.29 is 19.1 Å². The fourth-order valence-electron chi connectivity index (χ4n) is 4.17. The molecule has 2 aromatic carbocycles. The van der Waals surface area contributed by atoms with Crippen LogP contribution in [-0.4, -0.2) is 54.3 Å². The zero-order valence-corrected chi connectivity index (χ0v) is 22.2. The van der Waals surface area contributed by atoms with Gasteiger partial charge in [-0.15, -0.1) is 5.10 Å². The van der Waals surface area contributed by atoms with E-state index in [0.29, 0.717) is 17.5 Å². The lowest BCUT2D eigenvalue weighted by Crippen LogP contribution is -2.52. The predicted molar refractivity (Wildman–Crippen MR) is 143 cm³/mol. The molecule has 192 valence electrons. The van der Waals surface area contributed by atoms with Crippen molar-refractivity contribution in [2.45, 2.75) is 18.9 Å². The number of para-hydroxylation sites is 2. The number of anilines is 3. The van der Waals surface area contributed by atoms with Crippen LogP contribution in [0.25, 0.3) is 0 Å². The van der Waals surface area contributed by atoms with E-state index >= 15 is 0 Å². The van der Waals surface area contributed by atoms with Crippen molar-refractivity contribution in [3.63, 3.8) is 0 Å². The number of halogens is 2. The summed E-state index contributed by atoms with van der Waals surface area (Å²) in [6.07, 6.45) is 1.33. The summed E-state index contributed by atoms with van der Waals surface area (Å²) >= 11 is 9.38. The molecule has 37 heavy (non-hydrogen) atoms. The van der Waals surface area contributed by atoms with Crippen LogP contribution in [0.15, 0.2) is 53.0 Å². The maximum Gasteiger partial charge on any atom is 0.414 e. The fraction of sp³-hybridized carbons (Fsp3) is 0.280. The Hall–Kier alpha value is -3.57. The summed E-state index contributed by atoms with van der Waals surface area (Å²) in [5, 5.41) is 12.2. The molecule has 12 heteroatoms. The van der Waals surface area contributed by atoms with E-state index in [4.69, 9.17) is 16.3 Å². The van der Waals surface area contributed by atoms with E-state index in [1.165, 1.54) is 0 Å². The van der Waals surface area contributed by atoms with Gasteiger partial charge in [0.05, 0.1) is 22.0 Å². The van der Waals surface area contributed by atoms with Crippen LogP contribution in [0.3, 0.4) is 0 Å². The number of rotatable bonds is 6. The third-order valence-electron chi connectivity index (χ3n) is 6.26. The summed E-state index contributed by atoms with van der Waals surface area (Å²) in [6, 6.07) is 13.5. The lowest BCUT2D eigenvalue weighted by molar-refractivity contribution is -0.120. The summed E-state index contributed by atoms with van der Waals surface area (Å²) < 4.78 is 5.60. The quantitative estimate of drug-likeness (QED) is 0.393. The van der Waals surface area contributed by atoms with E-state index in [0.717, 1.165) is 24.2 Å². The Bertz CT molecular complexity index is 1360. The monoisotopic (exact) mass is 586 g/mol. The van der Waals surface area contributed by atoms with Gasteiger partial charge in [-0.05, 0) is 59.0 Å². The third kappa shape index (κ3) is 5.42. The van der Waals surface area contributed by atoms with E-state index in [9.17, 15) is 14.4 Å². The van der Waals surface area contributed by atoms with Crippen LogP contribution in [0.4, 0.5) is 22.0 Å². The van der Waals surface area contributed by atoms with Crippen molar-refractivity contribution in [3.8, 4) is 5.88 Å². The highest BCUT2D eigenvalue weighted by atomic mass is 79.9. The van der Waals surface area contributed by atoms with Crippen LogP contribution in [0.2, 0.25) is 5.02 Å². The molecular formula is C25H24BrClN6O4. The molecule has 3 N–H and O–H groups in total. The molecule has 3 aromatic rings. The second kappa shape index (κ2) is 10.4. The second-order valence-corrected chi connectivity index (χ2v) is 10.2. The molecule has 1 aliphatic carbocycles. The molecule has 1 aromatic heterocycles. The first-order valence-electron chi connectivity index (χ1n) is 11.7. The molecule has 1 atom stereocenters. The molecule has 1 fully saturated rings. The van der Waals surface area contributed by atoms with Crippen LogP contribution in [0.5, 0.6) is 5.88 Å². The number of benzene rings is 2. The molecule has 1 saturated carbocycles. The number of hydrogen-bond donors (Lipinski definition) is 3. The van der Waals surface area contributed by atoms with Gasteiger partial charge < -0.3 is 25.2 Å². The number of ether oxygens (including phenoxy) is 1. The van der Waals surface area contributed by atoms with E-state index in [2.05, 4.69) is 36.8 Å². The van der Waals surface area contributed by atoms with Crippen LogP contribution in [0, 0.1) is 5.92 Å². The Balaban J connectivity index is 1.27. The molecule has 5 rings (SSSR count). The normalized spacial score (nSPS) is 17.2. The highest BCUT2D eigenvalue weighted by Crippen LogP contribution is 2.37. The van der Waals surface area contributed by atoms with Crippen molar-refractivity contribution in [1.82, 2.24) is 15.5 Å². The predicted octanol–water partition coefficient (Wildman–Crippen LogP) is 4.43. The Morgan fingerprint density at radius 2 is 1.86 bits per heavy atom. The standard InChI is InChI=1S/C25H24BrClN6O4/c1-32-13-17(24(35)33(12-14-10-11-14)19-9-5-4-8-18(19)32)28-25(36)37-23-20(26)21(30-31-23)29-22(34)15-6-2-3-7-16(15)27/h2-9,14,17H,10-13H2,1H3,(H,28,36)(H2,29,30,31,34)/t17-/m1/s1. The summed E-state index contributed by atoms with van der Waals surface area (Å²) in [5.74, 6) is -0.112. The zero-order valence-electron chi connectivity index (χ0n) is 19.8. The van der Waals surface area contributed by atoms with Gasteiger partial charge in [0.25, 0.3) is 17.7 Å². The van der Waals surface area contributed by atoms with Crippen molar-refractivity contribution in [2.75, 3.05) is 35.3 Å². The lowest BCUT2D eigenvalue weighted by atomic mass is 10.2. The van der Waals surface area contributed by atoms with Gasteiger partial charge in [0.2, 0.25) is 0 Å². The van der Waals surface area contributed by atoms with Gasteiger partial charge in [0.1, 0.15) is 16.3 Å². The van der Waals surface area contributed by atoms with Crippen molar-refractivity contribution in [3.05, 3.63) is 63.6 Å². The second-order valence-electron chi connectivity index (χ2n) is 9.00. The fourth-order valence-corrected chi connectivity index (χ4v) is 4.75. The van der Waals surface area contributed by atoms with Crippen molar-refractivity contribution in [1.29, 1.82) is 0 Å². The van der Waals surface area contributed by atoms with Crippen LogP contribution in [0.1, 0.15) is 23.2 Å². The molecule has 2 aliphatic rings. The average molecular weight is 588 g/mol. The first kappa shape index (κ1) is 25.1. The van der Waals surface area contributed by atoms with Crippen LogP contribution >= 0.6 is 27.5 Å². The van der Waals surface area contributed by atoms with Gasteiger partial charge in [-0.3, -0.25) is 14.7 Å². The van der Waals surface area contributed by atoms with Gasteiger partial charge >= 0.3 is 6.09 Å². The van der Waals surface area contributed by atoms with E-state index < -0.39 is 18.0 Å². The minimum atomic E-state index is -0.847. The number of amides is 3. The Morgan fingerprint density at radius 1 is 1.16 bits per heavy atom. The number of aromatic nitrogens is 2. The van der Waals surface area contributed by atoms with E-state index in [1.807, 2.05) is 36.2 Å². The lowest BCUT2D eigenvalue weighted by Gasteiger charge is -2.25. The van der Waals surface area contributed by atoms with Gasteiger partial charge in [-0.25, -0.2) is 4.79 Å². The minimum absolute atomic E-state index is 0.0977. The van der Waals surface area contributed by atoms with Crippen LogP contribution < -0.4 is 25.2 Å². The smallest absolute Gasteiger partial charge is 0.388 e. The summed E-state index contributed by atoms with van der Waals surface area (Å²) in [4.78, 5) is 42.6. The SMILES string of the molecule is CN1C[C@@H](NC(=O)Oc2n[nH]c(NC(=O)c3ccccc3Cl)c2Br)C(=O)N(CC2CC2)c2ccccc21. The molecule has 0 spiro atoms. The van der Waals surface area contributed by atoms with Crippen molar-refractivity contribution in [2.24, 2.45) is 5.92 Å². The minimum Gasteiger partial charge on any atom is -0.388 e. The third-order valence-corrected chi connectivity index (χ3v) is 7.32. The topological polar surface area (TPSA) is 120 Å². The summed E-state index contributed by atoms with van der Waals surface area (Å²) in [7, 11) is 1.88. The number of carbonyl (C=O) groups is 3. The van der Waals surface area contributed by atoms with E-state index in [1.54, 1.807) is 29.2 Å². The van der Waals surface area contributed by atoms with Gasteiger partial charge in [0, 0.05) is 20.1 Å². The molecule has 0 bridgehead atoms. The van der Waals surface area contributed by atoms with Crippen LogP contribution in [-0.2, 0) is 4.79 Å². The molecule has 2 heterocycles. The molecule has 0 radical (unpaired) electrons. The van der Waals surface area contributed by atoms with Gasteiger partial charge in [0.15, 0.2) is 0 Å². The number of carbonyl (C=O) groups excluding carboxylic acids is 3. The Labute approximate surface area is 226 Å². The molecule has 3 amide bonds. The number of nitrogens with zero attached hydrogens (tertiary/aromatic N) is 3. The number of likely N-dealkylation sites (N-methyl/N-ethyl adjacent to an activating group) is 1. The molecule has 10 nitrogen and oxygen atoms in total. The largest absolute Gasteiger partial charge is 0.414 e. The summed E-state index contributed by atoms with van der Waals surface area (Å²) in [6.45, 7) is 0.878. The number of aromatic amines is 1. The van der Waals surface area contributed by atoms with Crippen molar-refractivity contribution >= 4 is 62.6 Å². The highest BCUT2D eigenvalue weighted by Gasteiger charge is 2.37. The molecule has 0 saturated heterocycles. The first-order chi connectivity index (χ1) is 17.8. The maximum atomic E-state index is 13.5. The highest BCUT2D eigenvalue weighted by molar-refractivity contribution is 9.10. The Kier molecular flexibility index (Phi) is 7.07. The number of hydrogen-bond acceptors (Lipinski definition) is 6. The average Bonchev–Trinajstić information content (AvgIpc) is 3.66. The Morgan fingerprint density at radius 3 is 2.59 bits per heavy atom. The first-order valence-corrected chi connectivity index (χ1v) is 12.9. The maximum absolute atomic E-state index is 13.5. The number of fused-ring (bicyclic) bond motifs is 1. The number of nitrogens with one attached hydrogen (secondary N) is 3. The molecule has 1 aliphatic heterocycles. The van der Waals surface area contributed by atoms with Gasteiger partial charge in [-0.2, -0.15) is 0 Å². The summed E-state index contributed by atoms with van der Waals surface area (Å²) in [5.41, 5.74) is 2.02.